The summed E-state index contributed by atoms with van der Waals surface area (Å²) in [7, 11) is 0. The van der Waals surface area contributed by atoms with Gasteiger partial charge in [-0.2, -0.15) is 17.0 Å². The van der Waals surface area contributed by atoms with Crippen LogP contribution in [0, 0.1) is 11.3 Å². The van der Waals surface area contributed by atoms with Crippen molar-refractivity contribution in [2.75, 3.05) is 12.9 Å². The summed E-state index contributed by atoms with van der Waals surface area (Å²) in [4.78, 5) is 0. The second kappa shape index (κ2) is 8.18. The fourth-order valence-corrected chi connectivity index (χ4v) is 3.69. The van der Waals surface area contributed by atoms with Gasteiger partial charge in [0.15, 0.2) is 6.61 Å². The number of hydrogen-bond donors (Lipinski definition) is 1. The van der Waals surface area contributed by atoms with Crippen LogP contribution < -0.4 is 10.1 Å². The average molecular weight is 290 g/mol. The Morgan fingerprint density at radius 2 is 2.25 bits per heavy atom. The van der Waals surface area contributed by atoms with Crippen molar-refractivity contribution in [3.63, 3.8) is 0 Å². The van der Waals surface area contributed by atoms with Crippen molar-refractivity contribution in [2.45, 2.75) is 43.5 Å². The van der Waals surface area contributed by atoms with Gasteiger partial charge in [0, 0.05) is 17.8 Å². The van der Waals surface area contributed by atoms with Gasteiger partial charge in [0.1, 0.15) is 11.8 Å². The monoisotopic (exact) mass is 290 g/mol. The molecule has 0 radical (unpaired) electrons. The first-order valence-corrected chi connectivity index (χ1v) is 8.47. The SMILES string of the molecule is CSC1CCCCC1NCc1cccc(OCC#N)c1. The van der Waals surface area contributed by atoms with Crippen LogP contribution in [0.3, 0.4) is 0 Å². The molecule has 2 rings (SSSR count). The molecule has 0 saturated heterocycles. The predicted molar refractivity (Wildman–Crippen MR) is 83.9 cm³/mol. The molecule has 0 aliphatic heterocycles. The van der Waals surface area contributed by atoms with Gasteiger partial charge < -0.3 is 10.1 Å². The van der Waals surface area contributed by atoms with Crippen molar-refractivity contribution in [3.05, 3.63) is 29.8 Å². The van der Waals surface area contributed by atoms with Gasteiger partial charge >= 0.3 is 0 Å². The van der Waals surface area contributed by atoms with E-state index in [4.69, 9.17) is 10.00 Å². The topological polar surface area (TPSA) is 45.0 Å². The first-order valence-electron chi connectivity index (χ1n) is 7.18. The number of nitrogens with zero attached hydrogens (tertiary/aromatic N) is 1. The third-order valence-corrected chi connectivity index (χ3v) is 4.95. The maximum absolute atomic E-state index is 8.54. The van der Waals surface area contributed by atoms with E-state index in [0.29, 0.717) is 6.04 Å². The molecule has 2 atom stereocenters. The van der Waals surface area contributed by atoms with Crippen molar-refractivity contribution in [2.24, 2.45) is 0 Å². The minimum Gasteiger partial charge on any atom is -0.479 e. The molecular weight excluding hydrogens is 268 g/mol. The molecule has 0 amide bonds. The van der Waals surface area contributed by atoms with Crippen LogP contribution in [0.4, 0.5) is 0 Å². The Morgan fingerprint density at radius 1 is 1.40 bits per heavy atom. The summed E-state index contributed by atoms with van der Waals surface area (Å²) in [6.07, 6.45) is 7.50. The van der Waals surface area contributed by atoms with Crippen LogP contribution in [0.5, 0.6) is 5.75 Å². The maximum atomic E-state index is 8.54. The number of benzene rings is 1. The van der Waals surface area contributed by atoms with Crippen LogP contribution in [0.2, 0.25) is 0 Å². The van der Waals surface area contributed by atoms with Crippen molar-refractivity contribution in [3.8, 4) is 11.8 Å². The van der Waals surface area contributed by atoms with Crippen LogP contribution in [0.1, 0.15) is 31.2 Å². The first-order chi connectivity index (χ1) is 9.83. The van der Waals surface area contributed by atoms with Gasteiger partial charge in [0.05, 0.1) is 0 Å². The zero-order valence-corrected chi connectivity index (χ0v) is 12.8. The molecule has 3 nitrogen and oxygen atoms in total. The van der Waals surface area contributed by atoms with E-state index in [1.54, 1.807) is 0 Å². The maximum Gasteiger partial charge on any atom is 0.174 e. The van der Waals surface area contributed by atoms with E-state index < -0.39 is 0 Å². The van der Waals surface area contributed by atoms with Gasteiger partial charge in [-0.3, -0.25) is 0 Å². The van der Waals surface area contributed by atoms with Gasteiger partial charge in [0.2, 0.25) is 0 Å². The summed E-state index contributed by atoms with van der Waals surface area (Å²) in [5.74, 6) is 0.774. The van der Waals surface area contributed by atoms with Crippen LogP contribution in [0.15, 0.2) is 24.3 Å². The van der Waals surface area contributed by atoms with E-state index >= 15 is 0 Å². The molecule has 0 aromatic heterocycles. The highest BCUT2D eigenvalue weighted by atomic mass is 32.2. The molecule has 1 aliphatic carbocycles. The minimum absolute atomic E-state index is 0.105. The zero-order valence-electron chi connectivity index (χ0n) is 12.0. The Bertz CT molecular complexity index is 458. The second-order valence-electron chi connectivity index (χ2n) is 5.14. The summed E-state index contributed by atoms with van der Waals surface area (Å²) in [5, 5.41) is 13.0. The minimum atomic E-state index is 0.105. The van der Waals surface area contributed by atoms with E-state index in [9.17, 15) is 0 Å². The Morgan fingerprint density at radius 3 is 3.05 bits per heavy atom. The predicted octanol–water partition coefficient (Wildman–Crippen LogP) is 3.35. The van der Waals surface area contributed by atoms with Gasteiger partial charge in [0.25, 0.3) is 0 Å². The molecule has 4 heteroatoms. The van der Waals surface area contributed by atoms with E-state index in [1.807, 2.05) is 36.0 Å². The van der Waals surface area contributed by atoms with Crippen molar-refractivity contribution >= 4 is 11.8 Å². The lowest BCUT2D eigenvalue weighted by Crippen LogP contribution is -2.39. The molecule has 1 saturated carbocycles. The highest BCUT2D eigenvalue weighted by Gasteiger charge is 2.23. The van der Waals surface area contributed by atoms with Crippen LogP contribution >= 0.6 is 11.8 Å². The van der Waals surface area contributed by atoms with E-state index in [-0.39, 0.29) is 6.61 Å². The van der Waals surface area contributed by atoms with Crippen LogP contribution in [0.25, 0.3) is 0 Å². The molecular formula is C16H22N2OS. The number of nitrogens with one attached hydrogen (secondary N) is 1. The third kappa shape index (κ3) is 4.43. The van der Waals surface area contributed by atoms with Gasteiger partial charge in [-0.1, -0.05) is 25.0 Å². The molecule has 1 aromatic carbocycles. The Labute approximate surface area is 125 Å². The number of rotatable bonds is 6. The second-order valence-corrected chi connectivity index (χ2v) is 6.22. The van der Waals surface area contributed by atoms with Gasteiger partial charge in [-0.05, 0) is 36.8 Å². The largest absolute Gasteiger partial charge is 0.479 e. The Balaban J connectivity index is 1.88. The lowest BCUT2D eigenvalue weighted by molar-refractivity contribution is 0.366. The van der Waals surface area contributed by atoms with E-state index in [2.05, 4.69) is 17.6 Å². The smallest absolute Gasteiger partial charge is 0.174 e. The van der Waals surface area contributed by atoms with E-state index in [0.717, 1.165) is 17.5 Å². The number of thioether (sulfide) groups is 1. The highest BCUT2D eigenvalue weighted by molar-refractivity contribution is 7.99. The molecule has 1 fully saturated rings. The normalized spacial score (nSPS) is 22.2. The number of nitriles is 1. The summed E-state index contributed by atoms with van der Waals surface area (Å²) in [5.41, 5.74) is 1.21. The first kappa shape index (κ1) is 15.2. The van der Waals surface area contributed by atoms with Crippen molar-refractivity contribution in [1.29, 1.82) is 5.26 Å². The summed E-state index contributed by atoms with van der Waals surface area (Å²) >= 11 is 1.98. The third-order valence-electron chi connectivity index (χ3n) is 3.78. The zero-order chi connectivity index (χ0) is 14.2. The summed E-state index contributed by atoms with van der Waals surface area (Å²) in [6.45, 7) is 0.972. The lowest BCUT2D eigenvalue weighted by atomic mass is 9.94. The fourth-order valence-electron chi connectivity index (χ4n) is 2.72. The van der Waals surface area contributed by atoms with Crippen molar-refractivity contribution in [1.82, 2.24) is 5.32 Å². The molecule has 20 heavy (non-hydrogen) atoms. The molecule has 1 aromatic rings. The molecule has 0 heterocycles. The molecule has 0 spiro atoms. The number of hydrogen-bond acceptors (Lipinski definition) is 4. The highest BCUT2D eigenvalue weighted by Crippen LogP contribution is 2.27. The number of ether oxygens (including phenoxy) is 1. The molecule has 0 bridgehead atoms. The molecule has 2 unspecified atom stereocenters. The van der Waals surface area contributed by atoms with Crippen molar-refractivity contribution < 1.29 is 4.74 Å². The Hall–Kier alpha value is -1.18. The molecule has 1 aliphatic rings. The Kier molecular flexibility index (Phi) is 6.23. The van der Waals surface area contributed by atoms with Crippen LogP contribution in [-0.4, -0.2) is 24.2 Å². The molecule has 1 N–H and O–H groups in total. The molecule has 108 valence electrons. The van der Waals surface area contributed by atoms with E-state index in [1.165, 1.54) is 31.2 Å². The lowest BCUT2D eigenvalue weighted by Gasteiger charge is -2.31. The standard InChI is InChI=1S/C16H22N2OS/c1-20-16-8-3-2-7-15(16)18-12-13-5-4-6-14(11-13)19-10-9-17/h4-6,11,15-16,18H,2-3,7-8,10,12H2,1H3. The summed E-state index contributed by atoms with van der Waals surface area (Å²) < 4.78 is 5.34. The quantitative estimate of drug-likeness (QED) is 0.872. The summed E-state index contributed by atoms with van der Waals surface area (Å²) in [6, 6.07) is 10.6. The average Bonchev–Trinajstić information content (AvgIpc) is 2.51. The van der Waals surface area contributed by atoms with Crippen LogP contribution in [-0.2, 0) is 6.54 Å². The van der Waals surface area contributed by atoms with Gasteiger partial charge in [-0.25, -0.2) is 0 Å². The van der Waals surface area contributed by atoms with Gasteiger partial charge in [-0.15, -0.1) is 0 Å². The fraction of sp³-hybridized carbons (Fsp3) is 0.562.